The lowest BCUT2D eigenvalue weighted by atomic mass is 9.98. The highest BCUT2D eigenvalue weighted by molar-refractivity contribution is 5.72. The standard InChI is InChI=1S/C29H23F3O2/c1-3-16-33-23-12-15-27(26(30)17-23)34-18-20-6-10-22(11-7-20)25-14-13-24(28(31)29(25)32)21-8-4-19(2)5-9-21/h3-15,17H,1,16,18H2,2H3. The van der Waals surface area contributed by atoms with Gasteiger partial charge >= 0.3 is 0 Å². The van der Waals surface area contributed by atoms with Crippen molar-refractivity contribution < 1.29 is 22.6 Å². The Hall–Kier alpha value is -3.99. The molecule has 0 aliphatic heterocycles. The Morgan fingerprint density at radius 1 is 0.735 bits per heavy atom. The van der Waals surface area contributed by atoms with Gasteiger partial charge in [0, 0.05) is 17.2 Å². The third-order valence-corrected chi connectivity index (χ3v) is 5.38. The van der Waals surface area contributed by atoms with E-state index in [0.29, 0.717) is 16.9 Å². The van der Waals surface area contributed by atoms with Crippen LogP contribution in [0.3, 0.4) is 0 Å². The molecule has 2 nitrogen and oxygen atoms in total. The molecule has 172 valence electrons. The molecule has 0 aromatic heterocycles. The van der Waals surface area contributed by atoms with Crippen LogP contribution in [0, 0.1) is 24.4 Å². The van der Waals surface area contributed by atoms with E-state index in [1.807, 2.05) is 19.1 Å². The number of hydrogen-bond acceptors (Lipinski definition) is 2. The van der Waals surface area contributed by atoms with Gasteiger partial charge in [-0.3, -0.25) is 0 Å². The second-order valence-electron chi connectivity index (χ2n) is 7.83. The summed E-state index contributed by atoms with van der Waals surface area (Å²) in [5.41, 5.74) is 3.34. The van der Waals surface area contributed by atoms with E-state index >= 15 is 0 Å². The van der Waals surface area contributed by atoms with E-state index in [1.165, 1.54) is 12.1 Å². The van der Waals surface area contributed by atoms with Crippen molar-refractivity contribution in [3.05, 3.63) is 120 Å². The van der Waals surface area contributed by atoms with Crippen molar-refractivity contribution in [2.75, 3.05) is 6.61 Å². The highest BCUT2D eigenvalue weighted by atomic mass is 19.2. The number of aryl methyl sites for hydroxylation is 1. The Labute approximate surface area is 196 Å². The van der Waals surface area contributed by atoms with Gasteiger partial charge in [-0.05, 0) is 35.7 Å². The molecule has 0 unspecified atom stereocenters. The monoisotopic (exact) mass is 460 g/mol. The van der Waals surface area contributed by atoms with Crippen LogP contribution in [-0.2, 0) is 6.61 Å². The van der Waals surface area contributed by atoms with Gasteiger partial charge in [0.05, 0.1) is 0 Å². The van der Waals surface area contributed by atoms with E-state index in [2.05, 4.69) is 6.58 Å². The molecule has 4 aromatic rings. The topological polar surface area (TPSA) is 18.5 Å². The minimum absolute atomic E-state index is 0.0924. The van der Waals surface area contributed by atoms with Crippen molar-refractivity contribution in [1.82, 2.24) is 0 Å². The summed E-state index contributed by atoms with van der Waals surface area (Å²) < 4.78 is 54.8. The predicted molar refractivity (Wildman–Crippen MR) is 128 cm³/mol. The number of rotatable bonds is 8. The average Bonchev–Trinajstić information content (AvgIpc) is 2.85. The molecule has 0 N–H and O–H groups in total. The van der Waals surface area contributed by atoms with Gasteiger partial charge in [0.25, 0.3) is 0 Å². The zero-order valence-corrected chi connectivity index (χ0v) is 18.7. The third-order valence-electron chi connectivity index (χ3n) is 5.38. The van der Waals surface area contributed by atoms with Gasteiger partial charge < -0.3 is 9.47 Å². The lowest BCUT2D eigenvalue weighted by Gasteiger charge is -2.11. The molecular weight excluding hydrogens is 437 g/mol. The number of hydrogen-bond donors (Lipinski definition) is 0. The van der Waals surface area contributed by atoms with Crippen molar-refractivity contribution >= 4 is 0 Å². The lowest BCUT2D eigenvalue weighted by Crippen LogP contribution is -1.99. The van der Waals surface area contributed by atoms with Gasteiger partial charge in [0.15, 0.2) is 23.2 Å². The molecule has 34 heavy (non-hydrogen) atoms. The van der Waals surface area contributed by atoms with Gasteiger partial charge in [-0.15, -0.1) is 0 Å². The fourth-order valence-electron chi connectivity index (χ4n) is 3.51. The van der Waals surface area contributed by atoms with Gasteiger partial charge in [0.1, 0.15) is 19.0 Å². The fourth-order valence-corrected chi connectivity index (χ4v) is 3.51. The minimum Gasteiger partial charge on any atom is -0.489 e. The molecule has 0 radical (unpaired) electrons. The van der Waals surface area contributed by atoms with E-state index < -0.39 is 17.5 Å². The van der Waals surface area contributed by atoms with Crippen LogP contribution in [0.25, 0.3) is 22.3 Å². The van der Waals surface area contributed by atoms with E-state index in [0.717, 1.165) is 11.1 Å². The predicted octanol–water partition coefficient (Wildman–Crippen LogP) is 7.89. The molecule has 0 spiro atoms. The Balaban J connectivity index is 1.47. The Morgan fingerprint density at radius 3 is 1.88 bits per heavy atom. The van der Waals surface area contributed by atoms with Gasteiger partial charge in [-0.2, -0.15) is 0 Å². The summed E-state index contributed by atoms with van der Waals surface area (Å²) in [5, 5.41) is 0. The van der Waals surface area contributed by atoms with Crippen molar-refractivity contribution in [2.45, 2.75) is 13.5 Å². The van der Waals surface area contributed by atoms with E-state index in [9.17, 15) is 13.2 Å². The first-order valence-corrected chi connectivity index (χ1v) is 10.8. The van der Waals surface area contributed by atoms with Crippen molar-refractivity contribution in [3.8, 4) is 33.8 Å². The first-order chi connectivity index (χ1) is 16.5. The molecule has 0 fully saturated rings. The smallest absolute Gasteiger partial charge is 0.168 e. The zero-order valence-electron chi connectivity index (χ0n) is 18.7. The quantitative estimate of drug-likeness (QED) is 0.249. The van der Waals surface area contributed by atoms with Gasteiger partial charge in [0.2, 0.25) is 0 Å². The molecule has 0 aliphatic rings. The molecule has 0 saturated heterocycles. The van der Waals surface area contributed by atoms with Crippen LogP contribution in [0.5, 0.6) is 11.5 Å². The average molecular weight is 460 g/mol. The first kappa shape index (κ1) is 23.2. The Bertz CT molecular complexity index is 1300. The van der Waals surface area contributed by atoms with Crippen LogP contribution in [0.15, 0.2) is 91.5 Å². The molecule has 0 atom stereocenters. The van der Waals surface area contributed by atoms with Gasteiger partial charge in [-0.1, -0.05) is 78.9 Å². The molecular formula is C29H23F3O2. The van der Waals surface area contributed by atoms with Crippen molar-refractivity contribution in [1.29, 1.82) is 0 Å². The second-order valence-corrected chi connectivity index (χ2v) is 7.83. The molecule has 0 amide bonds. The molecule has 5 heteroatoms. The second kappa shape index (κ2) is 10.3. The van der Waals surface area contributed by atoms with Crippen molar-refractivity contribution in [3.63, 3.8) is 0 Å². The van der Waals surface area contributed by atoms with Crippen LogP contribution in [0.4, 0.5) is 13.2 Å². The van der Waals surface area contributed by atoms with Crippen molar-refractivity contribution in [2.24, 2.45) is 0 Å². The summed E-state index contributed by atoms with van der Waals surface area (Å²) in [6.45, 7) is 5.89. The summed E-state index contributed by atoms with van der Waals surface area (Å²) in [5.74, 6) is -1.84. The fraction of sp³-hybridized carbons (Fsp3) is 0.103. The number of halogens is 3. The summed E-state index contributed by atoms with van der Waals surface area (Å²) in [4.78, 5) is 0. The zero-order chi connectivity index (χ0) is 24.1. The summed E-state index contributed by atoms with van der Waals surface area (Å²) >= 11 is 0. The van der Waals surface area contributed by atoms with Crippen LogP contribution in [0.2, 0.25) is 0 Å². The van der Waals surface area contributed by atoms with E-state index in [4.69, 9.17) is 9.47 Å². The Morgan fingerprint density at radius 2 is 1.32 bits per heavy atom. The summed E-state index contributed by atoms with van der Waals surface area (Å²) in [6, 6.07) is 21.6. The summed E-state index contributed by atoms with van der Waals surface area (Å²) in [7, 11) is 0. The van der Waals surface area contributed by atoms with Gasteiger partial charge in [-0.25, -0.2) is 13.2 Å². The maximum absolute atomic E-state index is 14.9. The molecule has 0 bridgehead atoms. The molecule has 4 aromatic carbocycles. The normalized spacial score (nSPS) is 10.7. The molecule has 0 heterocycles. The maximum Gasteiger partial charge on any atom is 0.168 e. The van der Waals surface area contributed by atoms with Crippen LogP contribution < -0.4 is 9.47 Å². The van der Waals surface area contributed by atoms with Crippen LogP contribution in [-0.4, -0.2) is 6.61 Å². The van der Waals surface area contributed by atoms with E-state index in [-0.39, 0.29) is 30.1 Å². The SMILES string of the molecule is C=CCOc1ccc(OCc2ccc(-c3ccc(-c4ccc(C)cc4)c(F)c3F)cc2)c(F)c1. The number of ether oxygens (including phenoxy) is 2. The number of benzene rings is 4. The lowest BCUT2D eigenvalue weighted by molar-refractivity contribution is 0.288. The third kappa shape index (κ3) is 5.15. The highest BCUT2D eigenvalue weighted by Gasteiger charge is 2.16. The van der Waals surface area contributed by atoms with Crippen LogP contribution in [0.1, 0.15) is 11.1 Å². The largest absolute Gasteiger partial charge is 0.489 e. The van der Waals surface area contributed by atoms with E-state index in [1.54, 1.807) is 60.7 Å². The molecule has 0 saturated carbocycles. The highest BCUT2D eigenvalue weighted by Crippen LogP contribution is 2.32. The van der Waals surface area contributed by atoms with Crippen LogP contribution >= 0.6 is 0 Å². The minimum atomic E-state index is -0.900. The first-order valence-electron chi connectivity index (χ1n) is 10.8. The molecule has 4 rings (SSSR count). The Kier molecular flexibility index (Phi) is 7.02. The summed E-state index contributed by atoms with van der Waals surface area (Å²) in [6.07, 6.45) is 1.57. The maximum atomic E-state index is 14.9. The molecule has 0 aliphatic carbocycles.